The molecule has 0 aliphatic rings. The average molecular weight is 322 g/mol. The van der Waals surface area contributed by atoms with Crippen molar-refractivity contribution in [2.45, 2.75) is 12.6 Å². The van der Waals surface area contributed by atoms with Gasteiger partial charge in [-0.15, -0.1) is 0 Å². The maximum absolute atomic E-state index is 12.5. The predicted octanol–water partition coefficient (Wildman–Crippen LogP) is 2.99. The van der Waals surface area contributed by atoms with Crippen molar-refractivity contribution in [2.24, 2.45) is 5.73 Å². The van der Waals surface area contributed by atoms with Crippen molar-refractivity contribution >= 4 is 17.5 Å². The Morgan fingerprint density at radius 3 is 2.26 bits per heavy atom. The molecule has 0 radical (unpaired) electrons. The molecule has 0 saturated carbocycles. The first-order valence-electron chi connectivity index (χ1n) is 6.61. The van der Waals surface area contributed by atoms with Crippen LogP contribution in [0.4, 0.5) is 18.9 Å². The molecule has 0 fully saturated rings. The molecule has 2 aromatic rings. The van der Waals surface area contributed by atoms with Crippen molar-refractivity contribution in [3.05, 3.63) is 65.2 Å². The quantitative estimate of drug-likeness (QED) is 0.908. The summed E-state index contributed by atoms with van der Waals surface area (Å²) >= 11 is 0. The average Bonchev–Trinajstić information content (AvgIpc) is 2.47. The Kier molecular flexibility index (Phi) is 4.68. The third kappa shape index (κ3) is 4.57. The fraction of sp³-hybridized carbons (Fsp3) is 0.125. The van der Waals surface area contributed by atoms with Crippen LogP contribution in [0.15, 0.2) is 48.5 Å². The zero-order valence-electron chi connectivity index (χ0n) is 11.9. The van der Waals surface area contributed by atoms with Crippen molar-refractivity contribution in [2.75, 3.05) is 5.32 Å². The van der Waals surface area contributed by atoms with E-state index in [1.165, 1.54) is 24.3 Å². The van der Waals surface area contributed by atoms with Crippen LogP contribution in [0.1, 0.15) is 21.5 Å². The number of rotatable bonds is 4. The van der Waals surface area contributed by atoms with Gasteiger partial charge in [-0.25, -0.2) is 0 Å². The summed E-state index contributed by atoms with van der Waals surface area (Å²) < 4.78 is 37.4. The first-order chi connectivity index (χ1) is 10.8. The molecular formula is C16H13F3N2O2. The van der Waals surface area contributed by atoms with E-state index in [0.29, 0.717) is 11.3 Å². The second-order valence-corrected chi connectivity index (χ2v) is 4.86. The van der Waals surface area contributed by atoms with Crippen molar-refractivity contribution in [3.8, 4) is 0 Å². The van der Waals surface area contributed by atoms with Gasteiger partial charge >= 0.3 is 6.18 Å². The summed E-state index contributed by atoms with van der Waals surface area (Å²) in [6.07, 6.45) is -4.49. The fourth-order valence-electron chi connectivity index (χ4n) is 1.95. The molecule has 120 valence electrons. The van der Waals surface area contributed by atoms with E-state index < -0.39 is 23.6 Å². The molecule has 0 atom stereocenters. The molecule has 2 aromatic carbocycles. The number of anilines is 1. The molecule has 4 nitrogen and oxygen atoms in total. The van der Waals surface area contributed by atoms with E-state index >= 15 is 0 Å². The van der Waals surface area contributed by atoms with Gasteiger partial charge in [0.15, 0.2) is 0 Å². The number of benzene rings is 2. The van der Waals surface area contributed by atoms with E-state index in [4.69, 9.17) is 5.73 Å². The Balaban J connectivity index is 2.02. The first-order valence-corrected chi connectivity index (χ1v) is 6.61. The van der Waals surface area contributed by atoms with Gasteiger partial charge in [-0.2, -0.15) is 13.2 Å². The summed E-state index contributed by atoms with van der Waals surface area (Å²) in [4.78, 5) is 23.0. The molecule has 0 aromatic heterocycles. The van der Waals surface area contributed by atoms with Crippen LogP contribution in [0.25, 0.3) is 0 Å². The molecule has 2 rings (SSSR count). The van der Waals surface area contributed by atoms with Crippen LogP contribution in [-0.2, 0) is 17.4 Å². The SMILES string of the molecule is NC(=O)c1cccc(NC(=O)Cc2ccc(C(F)(F)F)cc2)c1. The summed E-state index contributed by atoms with van der Waals surface area (Å²) in [7, 11) is 0. The topological polar surface area (TPSA) is 72.2 Å². The lowest BCUT2D eigenvalue weighted by Crippen LogP contribution is -2.16. The highest BCUT2D eigenvalue weighted by Gasteiger charge is 2.29. The molecule has 0 aliphatic heterocycles. The molecule has 0 saturated heterocycles. The first kappa shape index (κ1) is 16.5. The van der Waals surface area contributed by atoms with Crippen molar-refractivity contribution in [1.29, 1.82) is 0 Å². The van der Waals surface area contributed by atoms with Crippen LogP contribution >= 0.6 is 0 Å². The van der Waals surface area contributed by atoms with Gasteiger partial charge in [-0.1, -0.05) is 18.2 Å². The zero-order chi connectivity index (χ0) is 17.0. The van der Waals surface area contributed by atoms with Crippen LogP contribution in [0.3, 0.4) is 0 Å². The largest absolute Gasteiger partial charge is 0.416 e. The Morgan fingerprint density at radius 2 is 1.70 bits per heavy atom. The highest BCUT2D eigenvalue weighted by molar-refractivity contribution is 5.96. The molecule has 0 bridgehead atoms. The van der Waals surface area contributed by atoms with Crippen molar-refractivity contribution < 1.29 is 22.8 Å². The smallest absolute Gasteiger partial charge is 0.366 e. The number of carbonyl (C=O) groups is 2. The number of nitrogens with one attached hydrogen (secondary N) is 1. The number of hydrogen-bond donors (Lipinski definition) is 2. The minimum atomic E-state index is -4.41. The van der Waals surface area contributed by atoms with Crippen LogP contribution in [0.5, 0.6) is 0 Å². The van der Waals surface area contributed by atoms with Gasteiger partial charge in [0.05, 0.1) is 12.0 Å². The number of hydrogen-bond acceptors (Lipinski definition) is 2. The molecule has 0 heterocycles. The van der Waals surface area contributed by atoms with Gasteiger partial charge in [0.2, 0.25) is 11.8 Å². The molecule has 3 N–H and O–H groups in total. The number of nitrogens with two attached hydrogens (primary N) is 1. The second-order valence-electron chi connectivity index (χ2n) is 4.86. The highest BCUT2D eigenvalue weighted by atomic mass is 19.4. The van der Waals surface area contributed by atoms with Crippen LogP contribution in [0, 0.1) is 0 Å². The summed E-state index contributed by atoms with van der Waals surface area (Å²) in [5, 5.41) is 2.56. The minimum Gasteiger partial charge on any atom is -0.366 e. The molecule has 0 spiro atoms. The van der Waals surface area contributed by atoms with Gasteiger partial charge in [0, 0.05) is 11.3 Å². The third-order valence-corrected chi connectivity index (χ3v) is 3.08. The molecule has 7 heteroatoms. The monoisotopic (exact) mass is 322 g/mol. The highest BCUT2D eigenvalue weighted by Crippen LogP contribution is 2.29. The number of amides is 2. The maximum Gasteiger partial charge on any atom is 0.416 e. The van der Waals surface area contributed by atoms with Crippen molar-refractivity contribution in [1.82, 2.24) is 0 Å². The number of halogens is 3. The Bertz CT molecular complexity index is 725. The molecule has 23 heavy (non-hydrogen) atoms. The van der Waals surface area contributed by atoms with Gasteiger partial charge in [0.25, 0.3) is 0 Å². The van der Waals surface area contributed by atoms with E-state index in [0.717, 1.165) is 12.1 Å². The molecule has 0 aliphatic carbocycles. The summed E-state index contributed by atoms with van der Waals surface area (Å²) in [5.74, 6) is -1.03. The second kappa shape index (κ2) is 6.51. The fourth-order valence-corrected chi connectivity index (χ4v) is 1.95. The maximum atomic E-state index is 12.5. The Labute approximate surface area is 130 Å². The molecular weight excluding hydrogens is 309 g/mol. The third-order valence-electron chi connectivity index (χ3n) is 3.08. The lowest BCUT2D eigenvalue weighted by atomic mass is 10.1. The van der Waals surface area contributed by atoms with Crippen molar-refractivity contribution in [3.63, 3.8) is 0 Å². The minimum absolute atomic E-state index is 0.0844. The summed E-state index contributed by atoms with van der Waals surface area (Å²) in [6, 6.07) is 10.4. The van der Waals surface area contributed by atoms with E-state index in [9.17, 15) is 22.8 Å². The van der Waals surface area contributed by atoms with E-state index in [1.54, 1.807) is 12.1 Å². The van der Waals surface area contributed by atoms with Gasteiger partial charge in [0.1, 0.15) is 0 Å². The van der Waals surface area contributed by atoms with E-state index in [-0.39, 0.29) is 12.0 Å². The predicted molar refractivity (Wildman–Crippen MR) is 78.7 cm³/mol. The molecule has 2 amide bonds. The lowest BCUT2D eigenvalue weighted by molar-refractivity contribution is -0.137. The Morgan fingerprint density at radius 1 is 1.04 bits per heavy atom. The number of alkyl halides is 3. The summed E-state index contributed by atoms with van der Waals surface area (Å²) in [6.45, 7) is 0. The molecule has 0 unspecified atom stereocenters. The van der Waals surface area contributed by atoms with Crippen LogP contribution < -0.4 is 11.1 Å². The van der Waals surface area contributed by atoms with Crippen LogP contribution in [0.2, 0.25) is 0 Å². The van der Waals surface area contributed by atoms with Gasteiger partial charge < -0.3 is 11.1 Å². The van der Waals surface area contributed by atoms with Gasteiger partial charge in [-0.3, -0.25) is 9.59 Å². The van der Waals surface area contributed by atoms with Gasteiger partial charge in [-0.05, 0) is 35.9 Å². The van der Waals surface area contributed by atoms with E-state index in [2.05, 4.69) is 5.32 Å². The lowest BCUT2D eigenvalue weighted by Gasteiger charge is -2.08. The zero-order valence-corrected chi connectivity index (χ0v) is 11.9. The number of carbonyl (C=O) groups excluding carboxylic acids is 2. The Hall–Kier alpha value is -2.83. The standard InChI is InChI=1S/C16H13F3N2O2/c17-16(18,19)12-6-4-10(5-7-12)8-14(22)21-13-3-1-2-11(9-13)15(20)23/h1-7,9H,8H2,(H2,20,23)(H,21,22). The summed E-state index contributed by atoms with van der Waals surface area (Å²) in [5.41, 5.74) is 5.46. The normalized spacial score (nSPS) is 11.1. The van der Waals surface area contributed by atoms with Crippen LogP contribution in [-0.4, -0.2) is 11.8 Å². The number of primary amides is 1. The van der Waals surface area contributed by atoms with E-state index in [1.807, 2.05) is 0 Å².